The third-order valence-electron chi connectivity index (χ3n) is 4.96. The molecule has 0 saturated heterocycles. The third-order valence-corrected chi connectivity index (χ3v) is 6.82. The van der Waals surface area contributed by atoms with Crippen molar-refractivity contribution in [2.75, 3.05) is 31.4 Å². The third kappa shape index (κ3) is 4.90. The number of pyridine rings is 2. The van der Waals surface area contributed by atoms with Crippen LogP contribution in [0.15, 0.2) is 29.4 Å². The number of fused-ring (bicyclic) bond motifs is 1. The minimum atomic E-state index is -4.14. The largest absolute Gasteiger partial charge is 0.479 e. The van der Waals surface area contributed by atoms with Crippen molar-refractivity contribution in [2.24, 2.45) is 10.7 Å². The zero-order valence-electron chi connectivity index (χ0n) is 17.8. The number of nitrogens with one attached hydrogen (secondary N) is 1. The molecular weight excluding hydrogens is 520 g/mol. The highest BCUT2D eigenvalue weighted by Gasteiger charge is 2.47. The van der Waals surface area contributed by atoms with Gasteiger partial charge in [-0.05, 0) is 12.1 Å². The molecule has 2 aromatic rings. The van der Waals surface area contributed by atoms with E-state index in [1.807, 2.05) is 0 Å². The number of hydrogen-bond donors (Lipinski definition) is 2. The van der Waals surface area contributed by atoms with Crippen LogP contribution in [0.25, 0.3) is 0 Å². The van der Waals surface area contributed by atoms with Crippen LogP contribution in [0.4, 0.5) is 23.4 Å². The van der Waals surface area contributed by atoms with E-state index < -0.39 is 64.1 Å². The Morgan fingerprint density at radius 2 is 2.03 bits per heavy atom. The lowest BCUT2D eigenvalue weighted by atomic mass is 9.98. The van der Waals surface area contributed by atoms with Crippen LogP contribution in [-0.2, 0) is 15.6 Å². The summed E-state index contributed by atoms with van der Waals surface area (Å²) in [7, 11) is -3.03. The minimum Gasteiger partial charge on any atom is -0.479 e. The van der Waals surface area contributed by atoms with Crippen LogP contribution in [0.3, 0.4) is 0 Å². The Balaban J connectivity index is 0.00000342. The molecule has 0 spiro atoms. The van der Waals surface area contributed by atoms with Crippen LogP contribution in [0.2, 0.25) is 0 Å². The molecule has 0 saturated carbocycles. The minimum absolute atomic E-state index is 0. The van der Waals surface area contributed by atoms with E-state index in [1.165, 1.54) is 0 Å². The van der Waals surface area contributed by atoms with Crippen molar-refractivity contribution in [3.8, 4) is 11.5 Å². The average Bonchev–Trinajstić information content (AvgIpc) is 2.77. The standard InChI is InChI=1S/C18H16F4N6O5S.H2S/c1-28-16(23)27-17(6-19,8-34(28,30)31)14-9(20)2-3-13(25-14)26-15(29)10-4-11-12(5-24-10)33-18(21,22)7-32-11;/h2-5H,6-8H2,1H3,(H2,23,27)(H,25,26,29);1H2/t17-;/m0./s1. The van der Waals surface area contributed by atoms with Gasteiger partial charge in [0.2, 0.25) is 16.0 Å². The fourth-order valence-electron chi connectivity index (χ4n) is 3.22. The number of carbonyl (C=O) groups excluding carboxylic acids is 1. The normalized spacial score (nSPS) is 22.0. The Hall–Kier alpha value is -3.34. The number of carbonyl (C=O) groups is 1. The van der Waals surface area contributed by atoms with Gasteiger partial charge in [-0.3, -0.25) is 4.79 Å². The number of aliphatic imine (C=N–C) groups is 1. The summed E-state index contributed by atoms with van der Waals surface area (Å²) in [6.45, 7) is -2.52. The van der Waals surface area contributed by atoms with Crippen molar-refractivity contribution in [3.63, 3.8) is 0 Å². The molecule has 11 nitrogen and oxygen atoms in total. The number of sulfonamides is 1. The van der Waals surface area contributed by atoms with E-state index in [4.69, 9.17) is 10.5 Å². The van der Waals surface area contributed by atoms with Crippen molar-refractivity contribution < 1.29 is 40.2 Å². The molecule has 1 amide bonds. The monoisotopic (exact) mass is 538 g/mol. The second-order valence-corrected chi connectivity index (χ2v) is 9.38. The summed E-state index contributed by atoms with van der Waals surface area (Å²) >= 11 is 0. The lowest BCUT2D eigenvalue weighted by Crippen LogP contribution is -2.52. The maximum Gasteiger partial charge on any atom is 0.433 e. The van der Waals surface area contributed by atoms with Gasteiger partial charge in [0, 0.05) is 13.1 Å². The summed E-state index contributed by atoms with van der Waals surface area (Å²) < 4.78 is 89.8. The van der Waals surface area contributed by atoms with Crippen molar-refractivity contribution in [2.45, 2.75) is 11.6 Å². The molecule has 1 atom stereocenters. The fraction of sp³-hybridized carbons (Fsp3) is 0.333. The molecule has 0 aliphatic carbocycles. The molecule has 0 bridgehead atoms. The Labute approximate surface area is 202 Å². The molecule has 0 aromatic carbocycles. The topological polar surface area (TPSA) is 149 Å². The average molecular weight is 539 g/mol. The summed E-state index contributed by atoms with van der Waals surface area (Å²) in [5.74, 6) is -4.32. The zero-order chi connectivity index (χ0) is 24.9. The van der Waals surface area contributed by atoms with Gasteiger partial charge in [0.25, 0.3) is 5.91 Å². The number of ether oxygens (including phenoxy) is 2. The molecule has 2 aliphatic heterocycles. The highest BCUT2D eigenvalue weighted by molar-refractivity contribution is 7.89. The van der Waals surface area contributed by atoms with Crippen LogP contribution < -0.4 is 20.5 Å². The van der Waals surface area contributed by atoms with Crippen molar-refractivity contribution in [1.82, 2.24) is 14.3 Å². The smallest absolute Gasteiger partial charge is 0.433 e. The van der Waals surface area contributed by atoms with Crippen molar-refractivity contribution in [1.29, 1.82) is 0 Å². The van der Waals surface area contributed by atoms with Crippen LogP contribution in [0, 0.1) is 5.82 Å². The van der Waals surface area contributed by atoms with E-state index >= 15 is 0 Å². The second-order valence-electron chi connectivity index (χ2n) is 7.38. The number of nitrogens with zero attached hydrogens (tertiary/aromatic N) is 4. The molecule has 4 heterocycles. The molecule has 0 unspecified atom stereocenters. The summed E-state index contributed by atoms with van der Waals surface area (Å²) in [6, 6.07) is 2.92. The van der Waals surface area contributed by atoms with Crippen LogP contribution in [-0.4, -0.2) is 66.7 Å². The van der Waals surface area contributed by atoms with Crippen molar-refractivity contribution >= 4 is 41.2 Å². The Kier molecular flexibility index (Phi) is 6.78. The number of aromatic nitrogens is 2. The lowest BCUT2D eigenvalue weighted by Gasteiger charge is -2.34. The maximum absolute atomic E-state index is 14.6. The van der Waals surface area contributed by atoms with Gasteiger partial charge in [0.05, 0.1) is 6.20 Å². The van der Waals surface area contributed by atoms with E-state index in [-0.39, 0.29) is 36.5 Å². The number of guanidine groups is 1. The summed E-state index contributed by atoms with van der Waals surface area (Å²) in [4.78, 5) is 24.0. The van der Waals surface area contributed by atoms with Gasteiger partial charge in [0.1, 0.15) is 35.5 Å². The number of anilines is 1. The first kappa shape index (κ1) is 26.3. The van der Waals surface area contributed by atoms with Crippen molar-refractivity contribution in [3.05, 3.63) is 41.6 Å². The van der Waals surface area contributed by atoms with E-state index in [0.717, 1.165) is 31.4 Å². The highest BCUT2D eigenvalue weighted by atomic mass is 32.2. The molecule has 2 aliphatic rings. The molecule has 35 heavy (non-hydrogen) atoms. The number of rotatable bonds is 4. The predicted octanol–water partition coefficient (Wildman–Crippen LogP) is 1.10. The van der Waals surface area contributed by atoms with Gasteiger partial charge in [-0.25, -0.2) is 36.5 Å². The molecule has 3 N–H and O–H groups in total. The lowest BCUT2D eigenvalue weighted by molar-refractivity contribution is -0.209. The molecule has 190 valence electrons. The Morgan fingerprint density at radius 1 is 1.31 bits per heavy atom. The first-order chi connectivity index (χ1) is 15.9. The first-order valence-corrected chi connectivity index (χ1v) is 11.0. The SMILES string of the molecule is CN1C(N)=N[C@](CF)(c2nc(NC(=O)c3cc4c(cn3)OC(F)(F)CO4)ccc2F)CS1(=O)=O.S. The number of alkyl halides is 3. The van der Waals surface area contributed by atoms with E-state index in [1.54, 1.807) is 0 Å². The fourth-order valence-corrected chi connectivity index (χ4v) is 4.63. The van der Waals surface area contributed by atoms with Gasteiger partial charge in [0.15, 0.2) is 23.6 Å². The molecule has 0 fully saturated rings. The predicted molar refractivity (Wildman–Crippen MR) is 119 cm³/mol. The number of hydrogen-bond acceptors (Lipinski definition) is 9. The van der Waals surface area contributed by atoms with E-state index in [9.17, 15) is 30.8 Å². The Morgan fingerprint density at radius 3 is 2.69 bits per heavy atom. The first-order valence-electron chi connectivity index (χ1n) is 9.42. The molecule has 2 aromatic heterocycles. The van der Waals surface area contributed by atoms with Crippen LogP contribution >= 0.6 is 13.5 Å². The summed E-state index contributed by atoms with van der Waals surface area (Å²) in [5.41, 5.74) is 2.34. The maximum atomic E-state index is 14.6. The molecule has 17 heteroatoms. The van der Waals surface area contributed by atoms with Gasteiger partial charge in [-0.2, -0.15) is 22.3 Å². The number of halogens is 4. The molecule has 4 rings (SSSR count). The van der Waals surface area contributed by atoms with Crippen LogP contribution in [0.1, 0.15) is 16.2 Å². The zero-order valence-corrected chi connectivity index (χ0v) is 19.6. The van der Waals surface area contributed by atoms with Gasteiger partial charge < -0.3 is 20.5 Å². The van der Waals surface area contributed by atoms with E-state index in [0.29, 0.717) is 4.31 Å². The quantitative estimate of drug-likeness (QED) is 0.550. The second kappa shape index (κ2) is 9.03. The summed E-state index contributed by atoms with van der Waals surface area (Å²) in [6.07, 6.45) is -2.69. The highest BCUT2D eigenvalue weighted by Crippen LogP contribution is 2.37. The molecule has 0 radical (unpaired) electrons. The Bertz CT molecular complexity index is 1310. The number of amides is 1. The van der Waals surface area contributed by atoms with Crippen LogP contribution in [0.5, 0.6) is 11.5 Å². The summed E-state index contributed by atoms with van der Waals surface area (Å²) in [5, 5.41) is 2.28. The number of nitrogens with two attached hydrogens (primary N) is 1. The van der Waals surface area contributed by atoms with Gasteiger partial charge >= 0.3 is 6.11 Å². The van der Waals surface area contributed by atoms with E-state index in [2.05, 4.69) is 25.0 Å². The van der Waals surface area contributed by atoms with Gasteiger partial charge in [-0.15, -0.1) is 0 Å². The molecular formula is C18H18F4N6O5S2. The van der Waals surface area contributed by atoms with Gasteiger partial charge in [-0.1, -0.05) is 0 Å².